The Morgan fingerprint density at radius 2 is 2.22 bits per heavy atom. The van der Waals surface area contributed by atoms with Gasteiger partial charge in [-0.1, -0.05) is 19.8 Å². The zero-order chi connectivity index (χ0) is 12.8. The maximum absolute atomic E-state index is 8.84. The van der Waals surface area contributed by atoms with Gasteiger partial charge in [0.1, 0.15) is 11.8 Å². The smallest absolute Gasteiger partial charge is 0.140 e. The first-order chi connectivity index (χ1) is 8.81. The fraction of sp³-hybridized carbons (Fsp3) is 0.600. The molecule has 18 heavy (non-hydrogen) atoms. The summed E-state index contributed by atoms with van der Waals surface area (Å²) in [5.41, 5.74) is 1.73. The minimum absolute atomic E-state index is 0.522. The van der Waals surface area contributed by atoms with Crippen LogP contribution in [0.3, 0.4) is 0 Å². The van der Waals surface area contributed by atoms with E-state index in [0.29, 0.717) is 5.69 Å². The molecule has 0 unspecified atom stereocenters. The van der Waals surface area contributed by atoms with Gasteiger partial charge in [-0.25, -0.2) is 4.98 Å². The van der Waals surface area contributed by atoms with Gasteiger partial charge in [-0.2, -0.15) is 5.26 Å². The molecule has 0 N–H and O–H groups in total. The van der Waals surface area contributed by atoms with E-state index in [1.54, 1.807) is 6.20 Å². The molecule has 1 aromatic rings. The second-order valence-electron chi connectivity index (χ2n) is 5.17. The van der Waals surface area contributed by atoms with Gasteiger partial charge >= 0.3 is 0 Å². The molecule has 3 heteroatoms. The van der Waals surface area contributed by atoms with Gasteiger partial charge in [0.25, 0.3) is 0 Å². The van der Waals surface area contributed by atoms with Crippen LogP contribution in [0, 0.1) is 17.2 Å². The lowest BCUT2D eigenvalue weighted by Gasteiger charge is -2.31. The molecule has 0 atom stereocenters. The first-order valence-corrected chi connectivity index (χ1v) is 6.89. The Bertz CT molecular complexity index is 414. The lowest BCUT2D eigenvalue weighted by Crippen LogP contribution is -2.33. The van der Waals surface area contributed by atoms with Crippen LogP contribution < -0.4 is 0 Å². The summed E-state index contributed by atoms with van der Waals surface area (Å²) < 4.78 is 0. The zero-order valence-corrected chi connectivity index (χ0v) is 11.1. The molecule has 0 bridgehead atoms. The molecule has 96 valence electrons. The maximum Gasteiger partial charge on any atom is 0.140 e. The predicted octanol–water partition coefficient (Wildman–Crippen LogP) is 2.97. The zero-order valence-electron chi connectivity index (χ0n) is 11.1. The van der Waals surface area contributed by atoms with Crippen molar-refractivity contribution in [2.45, 2.75) is 39.2 Å². The monoisotopic (exact) mass is 243 g/mol. The third kappa shape index (κ3) is 3.54. The second-order valence-corrected chi connectivity index (χ2v) is 5.17. The summed E-state index contributed by atoms with van der Waals surface area (Å²) in [5, 5.41) is 8.84. The largest absolute Gasteiger partial charge is 0.299 e. The van der Waals surface area contributed by atoms with Gasteiger partial charge in [-0.15, -0.1) is 0 Å². The molecule has 1 aliphatic heterocycles. The van der Waals surface area contributed by atoms with Crippen LogP contribution >= 0.6 is 0 Å². The Kier molecular flexibility index (Phi) is 4.72. The highest BCUT2D eigenvalue weighted by atomic mass is 15.1. The van der Waals surface area contributed by atoms with Gasteiger partial charge in [0.2, 0.25) is 0 Å². The van der Waals surface area contributed by atoms with Gasteiger partial charge in [0, 0.05) is 12.7 Å². The fourth-order valence-corrected chi connectivity index (χ4v) is 2.73. The van der Waals surface area contributed by atoms with Crippen molar-refractivity contribution < 1.29 is 0 Å². The van der Waals surface area contributed by atoms with Crippen LogP contribution in [0.4, 0.5) is 0 Å². The first kappa shape index (κ1) is 13.0. The van der Waals surface area contributed by atoms with E-state index in [9.17, 15) is 0 Å². The van der Waals surface area contributed by atoms with Gasteiger partial charge in [0.05, 0.1) is 0 Å². The Morgan fingerprint density at radius 3 is 2.89 bits per heavy atom. The molecule has 0 aromatic carbocycles. The van der Waals surface area contributed by atoms with E-state index in [2.05, 4.69) is 22.9 Å². The maximum atomic E-state index is 8.84. The number of piperidine rings is 1. The van der Waals surface area contributed by atoms with Crippen LogP contribution in [0.25, 0.3) is 0 Å². The SMILES string of the molecule is CCCC1CCN(Cc2ccnc(C#N)c2)CC1. The summed E-state index contributed by atoms with van der Waals surface area (Å²) >= 11 is 0. The van der Waals surface area contributed by atoms with E-state index in [1.807, 2.05) is 12.1 Å². The Labute approximate surface area is 109 Å². The fourth-order valence-electron chi connectivity index (χ4n) is 2.73. The standard InChI is InChI=1S/C15H21N3/c1-2-3-13-5-8-18(9-6-13)12-14-4-7-17-15(10-14)11-16/h4,7,10,13H,2-3,5-6,8-9,12H2,1H3. The van der Waals surface area contributed by atoms with E-state index >= 15 is 0 Å². The van der Waals surface area contributed by atoms with Crippen molar-refractivity contribution >= 4 is 0 Å². The second kappa shape index (κ2) is 6.51. The van der Waals surface area contributed by atoms with Crippen LogP contribution in [0.5, 0.6) is 0 Å². The van der Waals surface area contributed by atoms with Crippen molar-refractivity contribution in [2.75, 3.05) is 13.1 Å². The lowest BCUT2D eigenvalue weighted by molar-refractivity contribution is 0.172. The number of nitriles is 1. The number of hydrogen-bond acceptors (Lipinski definition) is 3. The minimum Gasteiger partial charge on any atom is -0.299 e. The molecule has 0 aliphatic carbocycles. The molecule has 1 saturated heterocycles. The third-order valence-electron chi connectivity index (χ3n) is 3.75. The molecular formula is C15H21N3. The normalized spacial score (nSPS) is 17.6. The average molecular weight is 243 g/mol. The highest BCUT2D eigenvalue weighted by Gasteiger charge is 2.18. The molecule has 0 radical (unpaired) electrons. The summed E-state index contributed by atoms with van der Waals surface area (Å²) in [6, 6.07) is 6.01. The molecule has 0 amide bonds. The Morgan fingerprint density at radius 1 is 1.44 bits per heavy atom. The molecule has 1 fully saturated rings. The number of hydrogen-bond donors (Lipinski definition) is 0. The Balaban J connectivity index is 1.86. The average Bonchev–Trinajstić information content (AvgIpc) is 2.42. The third-order valence-corrected chi connectivity index (χ3v) is 3.75. The summed E-state index contributed by atoms with van der Waals surface area (Å²) in [6.07, 6.45) is 7.06. The number of likely N-dealkylation sites (tertiary alicyclic amines) is 1. The predicted molar refractivity (Wildman–Crippen MR) is 71.9 cm³/mol. The highest BCUT2D eigenvalue weighted by molar-refractivity contribution is 5.25. The van der Waals surface area contributed by atoms with Crippen molar-refractivity contribution in [2.24, 2.45) is 5.92 Å². The van der Waals surface area contributed by atoms with Crippen molar-refractivity contribution in [3.8, 4) is 6.07 Å². The van der Waals surface area contributed by atoms with Gasteiger partial charge < -0.3 is 0 Å². The summed E-state index contributed by atoms with van der Waals surface area (Å²) in [6.45, 7) is 5.60. The van der Waals surface area contributed by atoms with E-state index in [0.717, 1.165) is 12.5 Å². The van der Waals surface area contributed by atoms with E-state index in [1.165, 1.54) is 44.3 Å². The van der Waals surface area contributed by atoms with Crippen molar-refractivity contribution in [1.82, 2.24) is 9.88 Å². The summed E-state index contributed by atoms with van der Waals surface area (Å²) in [4.78, 5) is 6.50. The van der Waals surface area contributed by atoms with Gasteiger partial charge in [-0.3, -0.25) is 4.90 Å². The van der Waals surface area contributed by atoms with Crippen LogP contribution in [0.1, 0.15) is 43.9 Å². The molecule has 1 aliphatic rings. The highest BCUT2D eigenvalue weighted by Crippen LogP contribution is 2.22. The molecule has 1 aromatic heterocycles. The molecular weight excluding hydrogens is 222 g/mol. The molecule has 2 heterocycles. The quantitative estimate of drug-likeness (QED) is 0.816. The van der Waals surface area contributed by atoms with Crippen molar-refractivity contribution in [3.05, 3.63) is 29.6 Å². The number of rotatable bonds is 4. The topological polar surface area (TPSA) is 39.9 Å². The van der Waals surface area contributed by atoms with Crippen LogP contribution in [0.15, 0.2) is 18.3 Å². The van der Waals surface area contributed by atoms with E-state index in [4.69, 9.17) is 5.26 Å². The van der Waals surface area contributed by atoms with Crippen molar-refractivity contribution in [3.63, 3.8) is 0 Å². The number of pyridine rings is 1. The summed E-state index contributed by atoms with van der Waals surface area (Å²) in [5.74, 6) is 0.929. The molecule has 2 rings (SSSR count). The van der Waals surface area contributed by atoms with E-state index in [-0.39, 0.29) is 0 Å². The lowest BCUT2D eigenvalue weighted by atomic mass is 9.92. The Hall–Kier alpha value is -1.40. The van der Waals surface area contributed by atoms with Gasteiger partial charge in [0.15, 0.2) is 0 Å². The number of aromatic nitrogens is 1. The molecule has 0 saturated carbocycles. The van der Waals surface area contributed by atoms with E-state index < -0.39 is 0 Å². The van der Waals surface area contributed by atoms with Crippen LogP contribution in [-0.2, 0) is 6.54 Å². The van der Waals surface area contributed by atoms with Crippen molar-refractivity contribution in [1.29, 1.82) is 5.26 Å². The molecule has 3 nitrogen and oxygen atoms in total. The number of nitrogens with zero attached hydrogens (tertiary/aromatic N) is 3. The summed E-state index contributed by atoms with van der Waals surface area (Å²) in [7, 11) is 0. The molecule has 0 spiro atoms. The van der Waals surface area contributed by atoms with Gasteiger partial charge in [-0.05, 0) is 49.5 Å². The minimum atomic E-state index is 0.522. The first-order valence-electron chi connectivity index (χ1n) is 6.89. The van der Waals surface area contributed by atoms with Crippen LogP contribution in [0.2, 0.25) is 0 Å². The van der Waals surface area contributed by atoms with Crippen LogP contribution in [-0.4, -0.2) is 23.0 Å².